The van der Waals surface area contributed by atoms with Crippen molar-refractivity contribution in [2.45, 2.75) is 51.4 Å². The second kappa shape index (κ2) is 13.4. The lowest BCUT2D eigenvalue weighted by molar-refractivity contribution is -0.141. The number of nitrogens with two attached hydrogens (primary N) is 1. The van der Waals surface area contributed by atoms with Crippen LogP contribution in [0.4, 0.5) is 18.9 Å². The monoisotopic (exact) mass is 591 g/mol. The molecular formula is C33H36F3N5O2. The van der Waals surface area contributed by atoms with E-state index in [9.17, 15) is 18.0 Å². The highest BCUT2D eigenvalue weighted by Gasteiger charge is 2.36. The molecule has 226 valence electrons. The molecule has 1 aliphatic carbocycles. The Hall–Kier alpha value is -4.15. The fourth-order valence-corrected chi connectivity index (χ4v) is 4.81. The normalized spacial score (nSPS) is 14.0. The van der Waals surface area contributed by atoms with Crippen LogP contribution in [-0.2, 0) is 12.7 Å². The summed E-state index contributed by atoms with van der Waals surface area (Å²) in [5.41, 5.74) is 7.75. The van der Waals surface area contributed by atoms with E-state index >= 15 is 0 Å². The summed E-state index contributed by atoms with van der Waals surface area (Å²) in [6, 6.07) is 22.6. The molecule has 1 fully saturated rings. The predicted octanol–water partition coefficient (Wildman–Crippen LogP) is 6.87. The number of alkyl halides is 3. The first kappa shape index (κ1) is 30.3. The van der Waals surface area contributed by atoms with Gasteiger partial charge in [-0.1, -0.05) is 49.7 Å². The summed E-state index contributed by atoms with van der Waals surface area (Å²) in [6.07, 6.45) is -0.276. The fraction of sp³-hybridized carbons (Fsp3) is 0.333. The van der Waals surface area contributed by atoms with Gasteiger partial charge in [0.15, 0.2) is 5.69 Å². The molecule has 1 saturated carbocycles. The molecule has 0 radical (unpaired) electrons. The Morgan fingerprint density at radius 2 is 1.81 bits per heavy atom. The summed E-state index contributed by atoms with van der Waals surface area (Å²) < 4.78 is 47.7. The molecule has 1 aliphatic rings. The van der Waals surface area contributed by atoms with Crippen LogP contribution in [0.15, 0.2) is 78.9 Å². The summed E-state index contributed by atoms with van der Waals surface area (Å²) in [6.45, 7) is 3.84. The Bertz CT molecular complexity index is 1530. The molecular weight excluding hydrogens is 555 g/mol. The number of halogens is 3. The van der Waals surface area contributed by atoms with E-state index in [0.29, 0.717) is 29.5 Å². The second-order valence-electron chi connectivity index (χ2n) is 10.8. The van der Waals surface area contributed by atoms with E-state index in [0.717, 1.165) is 47.0 Å². The van der Waals surface area contributed by atoms with E-state index in [-0.39, 0.29) is 18.3 Å². The van der Waals surface area contributed by atoms with Crippen molar-refractivity contribution < 1.29 is 22.7 Å². The third-order valence-corrected chi connectivity index (χ3v) is 7.39. The van der Waals surface area contributed by atoms with Crippen molar-refractivity contribution >= 4 is 11.6 Å². The van der Waals surface area contributed by atoms with Gasteiger partial charge in [-0.15, -0.1) is 0 Å². The van der Waals surface area contributed by atoms with E-state index in [1.54, 1.807) is 30.3 Å². The van der Waals surface area contributed by atoms with Gasteiger partial charge in [-0.3, -0.25) is 4.79 Å². The van der Waals surface area contributed by atoms with Gasteiger partial charge >= 0.3 is 6.18 Å². The number of carbonyl (C=O) groups is 1. The van der Waals surface area contributed by atoms with E-state index in [4.69, 9.17) is 10.5 Å². The first-order valence-electron chi connectivity index (χ1n) is 14.6. The maximum absolute atomic E-state index is 13.6. The molecule has 3 aromatic carbocycles. The van der Waals surface area contributed by atoms with E-state index in [2.05, 4.69) is 22.7 Å². The predicted molar refractivity (Wildman–Crippen MR) is 160 cm³/mol. The molecule has 1 unspecified atom stereocenters. The molecule has 1 atom stereocenters. The van der Waals surface area contributed by atoms with E-state index in [1.807, 2.05) is 42.5 Å². The molecule has 0 aliphatic heterocycles. The number of aromatic nitrogens is 2. The molecule has 7 nitrogen and oxygen atoms in total. The lowest BCUT2D eigenvalue weighted by Gasteiger charge is -2.21. The molecule has 1 heterocycles. The van der Waals surface area contributed by atoms with Crippen molar-refractivity contribution in [3.8, 4) is 11.4 Å². The van der Waals surface area contributed by atoms with Gasteiger partial charge in [0.2, 0.25) is 0 Å². The van der Waals surface area contributed by atoms with Crippen LogP contribution in [0.3, 0.4) is 0 Å². The van der Waals surface area contributed by atoms with Crippen molar-refractivity contribution in [1.82, 2.24) is 15.1 Å². The van der Waals surface area contributed by atoms with Gasteiger partial charge in [-0.25, -0.2) is 4.68 Å². The topological polar surface area (TPSA) is 94.2 Å². The minimum Gasteiger partial charge on any atom is -0.494 e. The van der Waals surface area contributed by atoms with Gasteiger partial charge in [0.1, 0.15) is 11.4 Å². The molecule has 4 aromatic rings. The van der Waals surface area contributed by atoms with Crippen LogP contribution >= 0.6 is 0 Å². The molecule has 0 bridgehead atoms. The number of anilines is 1. The van der Waals surface area contributed by atoms with Gasteiger partial charge in [-0.05, 0) is 84.8 Å². The Morgan fingerprint density at radius 3 is 2.51 bits per heavy atom. The van der Waals surface area contributed by atoms with Crippen molar-refractivity contribution in [2.24, 2.45) is 11.7 Å². The number of hydrogen-bond donors (Lipinski definition) is 3. The highest BCUT2D eigenvalue weighted by Crippen LogP contribution is 2.32. The highest BCUT2D eigenvalue weighted by atomic mass is 19.4. The first-order chi connectivity index (χ1) is 20.7. The van der Waals surface area contributed by atoms with E-state index in [1.165, 1.54) is 12.8 Å². The number of hydrogen-bond acceptors (Lipinski definition) is 5. The van der Waals surface area contributed by atoms with Crippen LogP contribution < -0.4 is 21.1 Å². The van der Waals surface area contributed by atoms with Crippen LogP contribution in [0.25, 0.3) is 5.69 Å². The molecule has 4 N–H and O–H groups in total. The zero-order chi connectivity index (χ0) is 30.4. The number of rotatable bonds is 13. The van der Waals surface area contributed by atoms with E-state index < -0.39 is 17.8 Å². The van der Waals surface area contributed by atoms with Crippen LogP contribution in [0.1, 0.15) is 71.5 Å². The van der Waals surface area contributed by atoms with Gasteiger partial charge in [0.25, 0.3) is 5.91 Å². The zero-order valence-electron chi connectivity index (χ0n) is 24.0. The SMILES string of the molecule is CCCCOc1ccc(C(NCC2CC2)c2cccc(NC(=O)c3cc(C(F)(F)F)nn3-c3cccc(CN)c3)c2)cc1. The van der Waals surface area contributed by atoms with Gasteiger partial charge in [0, 0.05) is 18.3 Å². The summed E-state index contributed by atoms with van der Waals surface area (Å²) in [4.78, 5) is 13.4. The maximum atomic E-state index is 13.6. The lowest BCUT2D eigenvalue weighted by Crippen LogP contribution is -2.25. The van der Waals surface area contributed by atoms with Crippen molar-refractivity contribution in [1.29, 1.82) is 0 Å². The Balaban J connectivity index is 1.40. The first-order valence-corrected chi connectivity index (χ1v) is 14.6. The number of benzene rings is 3. The summed E-state index contributed by atoms with van der Waals surface area (Å²) in [5, 5.41) is 10.2. The highest BCUT2D eigenvalue weighted by molar-refractivity contribution is 6.03. The summed E-state index contributed by atoms with van der Waals surface area (Å²) >= 11 is 0. The smallest absolute Gasteiger partial charge is 0.435 e. The maximum Gasteiger partial charge on any atom is 0.435 e. The average Bonchev–Trinajstić information content (AvgIpc) is 3.71. The minimum absolute atomic E-state index is 0.150. The average molecular weight is 592 g/mol. The Labute approximate surface area is 249 Å². The van der Waals surface area contributed by atoms with Crippen molar-refractivity contribution in [2.75, 3.05) is 18.5 Å². The van der Waals surface area contributed by atoms with Crippen molar-refractivity contribution in [3.05, 3.63) is 107 Å². The number of amides is 1. The number of carbonyl (C=O) groups excluding carboxylic acids is 1. The molecule has 1 aromatic heterocycles. The van der Waals surface area contributed by atoms with Crippen LogP contribution in [0, 0.1) is 5.92 Å². The fourth-order valence-electron chi connectivity index (χ4n) is 4.81. The molecule has 0 spiro atoms. The molecule has 0 saturated heterocycles. The largest absolute Gasteiger partial charge is 0.494 e. The second-order valence-corrected chi connectivity index (χ2v) is 10.8. The minimum atomic E-state index is -4.72. The number of nitrogens with zero attached hydrogens (tertiary/aromatic N) is 2. The third kappa shape index (κ3) is 7.82. The van der Waals surface area contributed by atoms with Crippen LogP contribution in [0.5, 0.6) is 5.75 Å². The van der Waals surface area contributed by atoms with Crippen molar-refractivity contribution in [3.63, 3.8) is 0 Å². The number of nitrogens with one attached hydrogen (secondary N) is 2. The van der Waals surface area contributed by atoms with Gasteiger partial charge in [0.05, 0.1) is 18.3 Å². The van der Waals surface area contributed by atoms with Gasteiger partial charge in [-0.2, -0.15) is 18.3 Å². The Morgan fingerprint density at radius 1 is 1.05 bits per heavy atom. The molecule has 43 heavy (non-hydrogen) atoms. The van der Waals surface area contributed by atoms with Crippen LogP contribution in [-0.4, -0.2) is 28.8 Å². The third-order valence-electron chi connectivity index (χ3n) is 7.39. The number of unbranched alkanes of at least 4 members (excludes halogenated alkanes) is 1. The summed E-state index contributed by atoms with van der Waals surface area (Å²) in [5.74, 6) is 0.739. The molecule has 5 rings (SSSR count). The standard InChI is InChI=1S/C33H36F3N5O2/c1-2-3-16-43-28-14-12-24(13-15-28)31(38-21-22-10-11-22)25-7-5-8-26(18-25)39-32(42)29-19-30(33(34,35)36)40-41(29)27-9-4-6-23(17-27)20-37/h4-9,12-15,17-19,22,31,38H,2-3,10-11,16,20-21,37H2,1H3,(H,39,42). The Kier molecular flexibility index (Phi) is 9.47. The molecule has 10 heteroatoms. The summed E-state index contributed by atoms with van der Waals surface area (Å²) in [7, 11) is 0. The number of ether oxygens (including phenoxy) is 1. The quantitative estimate of drug-likeness (QED) is 0.148. The van der Waals surface area contributed by atoms with Crippen LogP contribution in [0.2, 0.25) is 0 Å². The lowest BCUT2D eigenvalue weighted by atomic mass is 9.97. The zero-order valence-corrected chi connectivity index (χ0v) is 24.0. The van der Waals surface area contributed by atoms with Gasteiger partial charge < -0.3 is 21.1 Å². The molecule has 1 amide bonds.